The fourth-order valence-electron chi connectivity index (χ4n) is 3.35. The number of carbonyl (C=O) groups excluding carboxylic acids is 2. The molecule has 8 heteroatoms. The average molecular weight is 408 g/mol. The Morgan fingerprint density at radius 1 is 1.14 bits per heavy atom. The predicted molar refractivity (Wildman–Crippen MR) is 109 cm³/mol. The summed E-state index contributed by atoms with van der Waals surface area (Å²) in [7, 11) is 2.94. The molecule has 1 fully saturated rings. The number of nitrogens with two attached hydrogens (primary N) is 1. The molecule has 0 unspecified atom stereocenters. The van der Waals surface area contributed by atoms with E-state index in [9.17, 15) is 9.59 Å². The molecule has 1 aromatic rings. The zero-order chi connectivity index (χ0) is 21.4. The van der Waals surface area contributed by atoms with Crippen molar-refractivity contribution in [1.82, 2.24) is 5.32 Å². The predicted octanol–water partition coefficient (Wildman–Crippen LogP) is 2.68. The van der Waals surface area contributed by atoms with Crippen molar-refractivity contribution in [2.24, 2.45) is 5.92 Å². The van der Waals surface area contributed by atoms with Crippen molar-refractivity contribution < 1.29 is 28.5 Å². The molecule has 0 aromatic heterocycles. The Bertz CT molecular complexity index is 675. The maximum Gasteiger partial charge on any atom is 0.328 e. The smallest absolute Gasteiger partial charge is 0.328 e. The summed E-state index contributed by atoms with van der Waals surface area (Å²) in [6.45, 7) is 3.67. The van der Waals surface area contributed by atoms with E-state index in [2.05, 4.69) is 5.32 Å². The minimum atomic E-state index is -0.707. The molecule has 0 spiro atoms. The Morgan fingerprint density at radius 3 is 2.24 bits per heavy atom. The van der Waals surface area contributed by atoms with E-state index in [4.69, 9.17) is 24.7 Å². The van der Waals surface area contributed by atoms with Crippen LogP contribution < -0.4 is 25.3 Å². The van der Waals surface area contributed by atoms with E-state index < -0.39 is 11.9 Å². The molecule has 1 amide bonds. The Kier molecular flexibility index (Phi) is 8.42. The third-order valence-corrected chi connectivity index (χ3v) is 4.74. The highest BCUT2D eigenvalue weighted by molar-refractivity contribution is 5.85. The largest absolute Gasteiger partial charge is 0.493 e. The first-order valence-corrected chi connectivity index (χ1v) is 9.98. The molecule has 1 aromatic carbocycles. The molecule has 0 bridgehead atoms. The molecule has 2 rings (SSSR count). The lowest BCUT2D eigenvalue weighted by Gasteiger charge is -2.22. The van der Waals surface area contributed by atoms with Crippen molar-refractivity contribution in [3.05, 3.63) is 12.1 Å². The Balaban J connectivity index is 2.00. The summed E-state index contributed by atoms with van der Waals surface area (Å²) < 4.78 is 21.7. The number of hydrogen-bond donors (Lipinski definition) is 2. The first-order valence-electron chi connectivity index (χ1n) is 9.98. The van der Waals surface area contributed by atoms with Crippen LogP contribution in [0, 0.1) is 5.92 Å². The number of anilines is 1. The maximum atomic E-state index is 12.6. The van der Waals surface area contributed by atoms with Crippen molar-refractivity contribution in [1.29, 1.82) is 0 Å². The highest BCUT2D eigenvalue weighted by Gasteiger charge is 2.28. The second-order valence-electron chi connectivity index (χ2n) is 7.64. The van der Waals surface area contributed by atoms with Crippen LogP contribution in [0.1, 0.15) is 46.0 Å². The van der Waals surface area contributed by atoms with E-state index in [1.807, 2.05) is 13.8 Å². The van der Waals surface area contributed by atoms with Crippen LogP contribution in [0.5, 0.6) is 17.2 Å². The number of ether oxygens (including phenoxy) is 4. The molecule has 3 N–H and O–H groups in total. The number of nitrogen functional groups attached to an aromatic ring is 1. The number of amides is 1. The van der Waals surface area contributed by atoms with Gasteiger partial charge in [-0.2, -0.15) is 0 Å². The van der Waals surface area contributed by atoms with E-state index >= 15 is 0 Å². The number of nitrogens with one attached hydrogen (secondary N) is 1. The number of carbonyl (C=O) groups is 2. The van der Waals surface area contributed by atoms with Crippen molar-refractivity contribution in [2.75, 3.05) is 26.6 Å². The van der Waals surface area contributed by atoms with Gasteiger partial charge >= 0.3 is 5.97 Å². The summed E-state index contributed by atoms with van der Waals surface area (Å²) >= 11 is 0. The van der Waals surface area contributed by atoms with Crippen LogP contribution >= 0.6 is 0 Å². The Labute approximate surface area is 172 Å². The van der Waals surface area contributed by atoms with Crippen LogP contribution in [-0.2, 0) is 14.3 Å². The van der Waals surface area contributed by atoms with Crippen molar-refractivity contribution in [3.8, 4) is 17.2 Å². The van der Waals surface area contributed by atoms with Gasteiger partial charge < -0.3 is 30.0 Å². The van der Waals surface area contributed by atoms with Crippen LogP contribution in [0.2, 0.25) is 0 Å². The summed E-state index contributed by atoms with van der Waals surface area (Å²) in [6.07, 6.45) is 4.35. The fraction of sp³-hybridized carbons (Fsp3) is 0.619. The Morgan fingerprint density at radius 2 is 1.72 bits per heavy atom. The summed E-state index contributed by atoms with van der Waals surface area (Å²) in [5.41, 5.74) is 6.25. The zero-order valence-electron chi connectivity index (χ0n) is 17.7. The quantitative estimate of drug-likeness (QED) is 0.452. The summed E-state index contributed by atoms with van der Waals surface area (Å²) in [5.74, 6) is 0.382. The highest BCUT2D eigenvalue weighted by atomic mass is 16.5. The van der Waals surface area contributed by atoms with Crippen LogP contribution in [-0.4, -0.2) is 44.8 Å². The normalized spacial score (nSPS) is 15.1. The van der Waals surface area contributed by atoms with Gasteiger partial charge in [-0.1, -0.05) is 13.8 Å². The first kappa shape index (κ1) is 22.6. The lowest BCUT2D eigenvalue weighted by Crippen LogP contribution is -2.45. The van der Waals surface area contributed by atoms with Gasteiger partial charge in [0.25, 0.3) is 5.91 Å². The minimum absolute atomic E-state index is 0.0476. The summed E-state index contributed by atoms with van der Waals surface area (Å²) in [4.78, 5) is 25.0. The second-order valence-corrected chi connectivity index (χ2v) is 7.64. The van der Waals surface area contributed by atoms with Gasteiger partial charge in [-0.05, 0) is 38.0 Å². The molecule has 1 saturated carbocycles. The maximum absolute atomic E-state index is 12.6. The number of hydrogen-bond acceptors (Lipinski definition) is 7. The Hall–Kier alpha value is -2.64. The SMILES string of the molecule is COc1cc(N)cc(OC)c1OCC(=O)N[C@@H](CC(C)C)C(=O)OC1CCCC1. The van der Waals surface area contributed by atoms with Crippen molar-refractivity contribution >= 4 is 17.6 Å². The number of methoxy groups -OCH3 is 2. The van der Waals surface area contributed by atoms with Gasteiger partial charge in [0.1, 0.15) is 12.1 Å². The minimum Gasteiger partial charge on any atom is -0.493 e. The van der Waals surface area contributed by atoms with Gasteiger partial charge in [-0.15, -0.1) is 0 Å². The van der Waals surface area contributed by atoms with Crippen molar-refractivity contribution in [2.45, 2.75) is 58.1 Å². The highest BCUT2D eigenvalue weighted by Crippen LogP contribution is 2.39. The third-order valence-electron chi connectivity index (χ3n) is 4.74. The molecule has 1 aliphatic carbocycles. The fourth-order valence-corrected chi connectivity index (χ4v) is 3.35. The zero-order valence-corrected chi connectivity index (χ0v) is 17.7. The van der Waals surface area contributed by atoms with Crippen molar-refractivity contribution in [3.63, 3.8) is 0 Å². The first-order chi connectivity index (χ1) is 13.8. The van der Waals surface area contributed by atoms with Crippen LogP contribution in [0.3, 0.4) is 0 Å². The number of rotatable bonds is 10. The third kappa shape index (κ3) is 6.73. The standard InChI is InChI=1S/C21H32N2O6/c1-13(2)9-16(21(25)29-15-7-5-6-8-15)23-19(24)12-28-20-17(26-3)10-14(22)11-18(20)27-4/h10-11,13,15-16H,5-9,12,22H2,1-4H3,(H,23,24)/t16-/m0/s1. The molecule has 162 valence electrons. The molecule has 0 radical (unpaired) electrons. The molecule has 0 saturated heterocycles. The van der Waals surface area contributed by atoms with Crippen LogP contribution in [0.15, 0.2) is 12.1 Å². The topological polar surface area (TPSA) is 109 Å². The molecule has 8 nitrogen and oxygen atoms in total. The van der Waals surface area contributed by atoms with Gasteiger partial charge in [0.05, 0.1) is 14.2 Å². The van der Waals surface area contributed by atoms with E-state index in [1.165, 1.54) is 14.2 Å². The summed E-state index contributed by atoms with van der Waals surface area (Å²) in [5, 5.41) is 2.73. The molecule has 1 aliphatic rings. The van der Waals surface area contributed by atoms with Gasteiger partial charge in [0.15, 0.2) is 18.1 Å². The monoisotopic (exact) mass is 408 g/mol. The molecule has 29 heavy (non-hydrogen) atoms. The van der Waals surface area contributed by atoms with Gasteiger partial charge in [-0.3, -0.25) is 4.79 Å². The van der Waals surface area contributed by atoms with Crippen LogP contribution in [0.4, 0.5) is 5.69 Å². The molecule has 0 heterocycles. The molecule has 1 atom stereocenters. The lowest BCUT2D eigenvalue weighted by molar-refractivity contribution is -0.153. The second kappa shape index (κ2) is 10.8. The van der Waals surface area contributed by atoms with Crippen LogP contribution in [0.25, 0.3) is 0 Å². The number of esters is 1. The molecular formula is C21H32N2O6. The van der Waals surface area contributed by atoms with E-state index in [0.29, 0.717) is 23.6 Å². The van der Waals surface area contributed by atoms with E-state index in [0.717, 1.165) is 25.7 Å². The van der Waals surface area contributed by atoms with E-state index in [-0.39, 0.29) is 30.3 Å². The van der Waals surface area contributed by atoms with E-state index in [1.54, 1.807) is 12.1 Å². The molecule has 0 aliphatic heterocycles. The van der Waals surface area contributed by atoms with Gasteiger partial charge in [0, 0.05) is 17.8 Å². The number of benzene rings is 1. The lowest BCUT2D eigenvalue weighted by atomic mass is 10.0. The molecular weight excluding hydrogens is 376 g/mol. The average Bonchev–Trinajstić information content (AvgIpc) is 3.18. The summed E-state index contributed by atoms with van der Waals surface area (Å²) in [6, 6.07) is 2.45. The van der Waals surface area contributed by atoms with Gasteiger partial charge in [-0.25, -0.2) is 4.79 Å². The van der Waals surface area contributed by atoms with Gasteiger partial charge in [0.2, 0.25) is 5.75 Å².